The lowest BCUT2D eigenvalue weighted by molar-refractivity contribution is 0.378. The van der Waals surface area contributed by atoms with Crippen LogP contribution in [0.15, 0.2) is 30.5 Å². The fourth-order valence-electron chi connectivity index (χ4n) is 3.36. The molecule has 0 amide bonds. The van der Waals surface area contributed by atoms with Crippen molar-refractivity contribution in [3.63, 3.8) is 0 Å². The Morgan fingerprint density at radius 3 is 2.63 bits per heavy atom. The van der Waals surface area contributed by atoms with Crippen molar-refractivity contribution in [2.45, 2.75) is 32.2 Å². The number of benzene rings is 1. The summed E-state index contributed by atoms with van der Waals surface area (Å²) in [5, 5.41) is 5.01. The minimum absolute atomic E-state index is 0.969. The van der Waals surface area contributed by atoms with Crippen molar-refractivity contribution in [2.24, 2.45) is 17.8 Å². The number of fused-ring (bicyclic) bond motifs is 1. The zero-order valence-corrected chi connectivity index (χ0v) is 11.4. The normalized spacial score (nSPS) is 19.4. The fourth-order valence-corrected chi connectivity index (χ4v) is 3.36. The Labute approximate surface area is 114 Å². The van der Waals surface area contributed by atoms with Crippen molar-refractivity contribution < 1.29 is 0 Å². The van der Waals surface area contributed by atoms with E-state index in [0.717, 1.165) is 24.3 Å². The van der Waals surface area contributed by atoms with Crippen molar-refractivity contribution in [3.05, 3.63) is 36.0 Å². The van der Waals surface area contributed by atoms with Gasteiger partial charge in [-0.2, -0.15) is 0 Å². The summed E-state index contributed by atoms with van der Waals surface area (Å²) in [5.41, 5.74) is 2.63. The summed E-state index contributed by atoms with van der Waals surface area (Å²) in [7, 11) is 0. The number of aromatic nitrogens is 1. The van der Waals surface area contributed by atoms with Crippen LogP contribution in [0.3, 0.4) is 0 Å². The molecular formula is C17H22N2. The average molecular weight is 254 g/mol. The lowest BCUT2D eigenvalue weighted by Gasteiger charge is -2.16. The largest absolute Gasteiger partial charge is 0.361 e. The molecule has 2 saturated carbocycles. The highest BCUT2D eigenvalue weighted by Gasteiger charge is 2.40. The summed E-state index contributed by atoms with van der Waals surface area (Å²) >= 11 is 0. The molecular weight excluding hydrogens is 232 g/mol. The highest BCUT2D eigenvalue weighted by Crippen LogP contribution is 2.48. The number of hydrogen-bond donors (Lipinski definition) is 2. The summed E-state index contributed by atoms with van der Waals surface area (Å²) in [6.45, 7) is 2.23. The number of hydrogen-bond acceptors (Lipinski definition) is 1. The fraction of sp³-hybridized carbons (Fsp3) is 0.529. The van der Waals surface area contributed by atoms with Crippen molar-refractivity contribution in [1.82, 2.24) is 10.3 Å². The van der Waals surface area contributed by atoms with E-state index in [-0.39, 0.29) is 0 Å². The van der Waals surface area contributed by atoms with Gasteiger partial charge in [0, 0.05) is 18.3 Å². The summed E-state index contributed by atoms with van der Waals surface area (Å²) in [5.74, 6) is 3.07. The Kier molecular flexibility index (Phi) is 2.84. The molecule has 0 aliphatic heterocycles. The van der Waals surface area contributed by atoms with Gasteiger partial charge in [0.15, 0.2) is 0 Å². The van der Waals surface area contributed by atoms with Crippen LogP contribution in [-0.2, 0) is 6.54 Å². The van der Waals surface area contributed by atoms with Crippen LogP contribution in [0.2, 0.25) is 0 Å². The van der Waals surface area contributed by atoms with Crippen LogP contribution in [0.4, 0.5) is 0 Å². The summed E-state index contributed by atoms with van der Waals surface area (Å²) in [6.07, 6.45) is 7.95. The molecule has 2 aliphatic carbocycles. The molecule has 0 unspecified atom stereocenters. The van der Waals surface area contributed by atoms with Gasteiger partial charge < -0.3 is 10.3 Å². The van der Waals surface area contributed by atoms with E-state index in [0.29, 0.717) is 0 Å². The van der Waals surface area contributed by atoms with E-state index in [1.165, 1.54) is 48.7 Å². The minimum atomic E-state index is 0.969. The maximum absolute atomic E-state index is 3.69. The summed E-state index contributed by atoms with van der Waals surface area (Å²) < 4.78 is 0. The molecule has 0 saturated heterocycles. The number of H-pyrrole nitrogens is 1. The SMILES string of the molecule is c1cc2cc(CNCC(C3CC3)C3CC3)ccc2[nH]1. The molecule has 0 atom stereocenters. The Morgan fingerprint density at radius 2 is 1.89 bits per heavy atom. The maximum Gasteiger partial charge on any atom is 0.0454 e. The monoisotopic (exact) mass is 254 g/mol. The predicted octanol–water partition coefficient (Wildman–Crippen LogP) is 3.69. The molecule has 2 fully saturated rings. The van der Waals surface area contributed by atoms with Gasteiger partial charge in [0.1, 0.15) is 0 Å². The van der Waals surface area contributed by atoms with E-state index in [1.807, 2.05) is 6.20 Å². The van der Waals surface area contributed by atoms with E-state index >= 15 is 0 Å². The van der Waals surface area contributed by atoms with Gasteiger partial charge in [0.25, 0.3) is 0 Å². The first-order valence-electron chi connectivity index (χ1n) is 7.67. The van der Waals surface area contributed by atoms with E-state index in [2.05, 4.69) is 34.6 Å². The Hall–Kier alpha value is -1.28. The molecule has 100 valence electrons. The summed E-state index contributed by atoms with van der Waals surface area (Å²) in [4.78, 5) is 3.25. The van der Waals surface area contributed by atoms with Crippen LogP contribution in [0.25, 0.3) is 10.9 Å². The topological polar surface area (TPSA) is 27.8 Å². The van der Waals surface area contributed by atoms with Crippen LogP contribution in [0, 0.1) is 17.8 Å². The van der Waals surface area contributed by atoms with Crippen LogP contribution < -0.4 is 5.32 Å². The zero-order valence-electron chi connectivity index (χ0n) is 11.4. The van der Waals surface area contributed by atoms with Crippen LogP contribution >= 0.6 is 0 Å². The molecule has 1 heterocycles. The Balaban J connectivity index is 1.35. The van der Waals surface area contributed by atoms with Gasteiger partial charge in [-0.3, -0.25) is 0 Å². The molecule has 2 aromatic rings. The van der Waals surface area contributed by atoms with Crippen molar-refractivity contribution >= 4 is 10.9 Å². The number of aromatic amines is 1. The highest BCUT2D eigenvalue weighted by atomic mass is 14.9. The molecule has 2 aliphatic rings. The Morgan fingerprint density at radius 1 is 1.11 bits per heavy atom. The van der Waals surface area contributed by atoms with Gasteiger partial charge in [-0.05, 0) is 79.1 Å². The molecule has 0 radical (unpaired) electrons. The van der Waals surface area contributed by atoms with Crippen LogP contribution in [0.5, 0.6) is 0 Å². The number of rotatable bonds is 6. The van der Waals surface area contributed by atoms with E-state index in [9.17, 15) is 0 Å². The first-order chi connectivity index (χ1) is 9.40. The first kappa shape index (κ1) is 11.5. The average Bonchev–Trinajstić information content (AvgIpc) is 3.33. The van der Waals surface area contributed by atoms with Gasteiger partial charge in [-0.15, -0.1) is 0 Å². The lowest BCUT2D eigenvalue weighted by atomic mass is 9.98. The number of nitrogens with one attached hydrogen (secondary N) is 2. The molecule has 0 spiro atoms. The summed E-state index contributed by atoms with van der Waals surface area (Å²) in [6, 6.07) is 8.86. The lowest BCUT2D eigenvalue weighted by Crippen LogP contribution is -2.25. The molecule has 2 nitrogen and oxygen atoms in total. The van der Waals surface area contributed by atoms with Crippen molar-refractivity contribution in [3.8, 4) is 0 Å². The third-order valence-electron chi connectivity index (χ3n) is 4.78. The molecule has 2 N–H and O–H groups in total. The Bertz CT molecular complexity index is 551. The predicted molar refractivity (Wildman–Crippen MR) is 78.9 cm³/mol. The first-order valence-corrected chi connectivity index (χ1v) is 7.67. The molecule has 4 rings (SSSR count). The van der Waals surface area contributed by atoms with Crippen molar-refractivity contribution in [2.75, 3.05) is 6.54 Å². The smallest absolute Gasteiger partial charge is 0.0454 e. The maximum atomic E-state index is 3.69. The highest BCUT2D eigenvalue weighted by molar-refractivity contribution is 5.79. The molecule has 19 heavy (non-hydrogen) atoms. The van der Waals surface area contributed by atoms with Gasteiger partial charge in [0.2, 0.25) is 0 Å². The third kappa shape index (κ3) is 2.55. The zero-order chi connectivity index (χ0) is 12.7. The molecule has 1 aromatic carbocycles. The second-order valence-electron chi connectivity index (χ2n) is 6.37. The second-order valence-corrected chi connectivity index (χ2v) is 6.37. The van der Waals surface area contributed by atoms with Gasteiger partial charge in [-0.25, -0.2) is 0 Å². The van der Waals surface area contributed by atoms with Crippen LogP contribution in [-0.4, -0.2) is 11.5 Å². The van der Waals surface area contributed by atoms with E-state index < -0.39 is 0 Å². The standard InChI is InChI=1S/C17H22N2/c1-6-17-15(7-8-19-17)9-12(1)10-18-11-16(13-2-3-13)14-4-5-14/h1,6-9,13-14,16,18-19H,2-5,10-11H2. The molecule has 1 aromatic heterocycles. The van der Waals surface area contributed by atoms with Gasteiger partial charge in [0.05, 0.1) is 0 Å². The second kappa shape index (κ2) is 4.68. The van der Waals surface area contributed by atoms with Crippen LogP contribution in [0.1, 0.15) is 31.2 Å². The molecule has 2 heteroatoms. The quantitative estimate of drug-likeness (QED) is 0.808. The van der Waals surface area contributed by atoms with E-state index in [1.54, 1.807) is 0 Å². The van der Waals surface area contributed by atoms with Gasteiger partial charge in [-0.1, -0.05) is 6.07 Å². The molecule has 0 bridgehead atoms. The van der Waals surface area contributed by atoms with Gasteiger partial charge >= 0.3 is 0 Å². The van der Waals surface area contributed by atoms with E-state index in [4.69, 9.17) is 0 Å². The minimum Gasteiger partial charge on any atom is -0.361 e. The van der Waals surface area contributed by atoms with Crippen molar-refractivity contribution in [1.29, 1.82) is 0 Å². The third-order valence-corrected chi connectivity index (χ3v) is 4.78.